The van der Waals surface area contributed by atoms with E-state index in [1.54, 1.807) is 0 Å². The average molecular weight is 261 g/mol. The van der Waals surface area contributed by atoms with Crippen molar-refractivity contribution < 1.29 is 14.7 Å². The number of carbonyl (C=O) groups excluding carboxylic acids is 1. The van der Waals surface area contributed by atoms with E-state index in [1.165, 1.54) is 0 Å². The maximum atomic E-state index is 11.8. The molecule has 2 N–H and O–H groups in total. The summed E-state index contributed by atoms with van der Waals surface area (Å²) in [6.45, 7) is 0. The van der Waals surface area contributed by atoms with Crippen molar-refractivity contribution >= 4 is 11.9 Å². The zero-order chi connectivity index (χ0) is 13.7. The van der Waals surface area contributed by atoms with Gasteiger partial charge in [-0.15, -0.1) is 0 Å². The highest BCUT2D eigenvalue weighted by Crippen LogP contribution is 2.25. The molecule has 1 saturated carbocycles. The minimum Gasteiger partial charge on any atom is -0.481 e. The van der Waals surface area contributed by atoms with Crippen molar-refractivity contribution in [3.8, 4) is 0 Å². The smallest absolute Gasteiger partial charge is 0.306 e. The summed E-state index contributed by atoms with van der Waals surface area (Å²) in [5.74, 6) is -1.03. The number of amides is 1. The summed E-state index contributed by atoms with van der Waals surface area (Å²) >= 11 is 0. The normalized spacial score (nSPS) is 22.1. The summed E-state index contributed by atoms with van der Waals surface area (Å²) in [5, 5.41) is 11.8. The number of aliphatic carboxylic acids is 1. The van der Waals surface area contributed by atoms with Crippen LogP contribution in [0.25, 0.3) is 0 Å². The predicted octanol–water partition coefficient (Wildman–Crippen LogP) is 1.99. The number of carboxylic acids is 1. The molecule has 19 heavy (non-hydrogen) atoms. The first-order valence-electron chi connectivity index (χ1n) is 6.71. The SMILES string of the molecule is O=C(CCc1ccccc1)N[C@@H]1CC[C@H](C(=O)O)C1. The molecule has 0 bridgehead atoms. The standard InChI is InChI=1S/C15H19NO3/c17-14(9-6-11-4-2-1-3-5-11)16-13-8-7-12(10-13)15(18)19/h1-5,12-13H,6-10H2,(H,16,17)(H,18,19)/t12-,13+/m0/s1. The summed E-state index contributed by atoms with van der Waals surface area (Å²) in [7, 11) is 0. The maximum Gasteiger partial charge on any atom is 0.306 e. The second-order valence-corrected chi connectivity index (χ2v) is 5.10. The monoisotopic (exact) mass is 261 g/mol. The van der Waals surface area contributed by atoms with Crippen LogP contribution in [-0.4, -0.2) is 23.0 Å². The van der Waals surface area contributed by atoms with E-state index in [0.29, 0.717) is 19.3 Å². The van der Waals surface area contributed by atoms with Crippen molar-refractivity contribution in [2.24, 2.45) is 5.92 Å². The molecule has 1 fully saturated rings. The van der Waals surface area contributed by atoms with Crippen molar-refractivity contribution in [1.29, 1.82) is 0 Å². The first-order chi connectivity index (χ1) is 9.15. The van der Waals surface area contributed by atoms with Gasteiger partial charge < -0.3 is 10.4 Å². The van der Waals surface area contributed by atoms with Gasteiger partial charge in [0.25, 0.3) is 0 Å². The van der Waals surface area contributed by atoms with Gasteiger partial charge in [-0.2, -0.15) is 0 Å². The van der Waals surface area contributed by atoms with Crippen LogP contribution in [0.1, 0.15) is 31.2 Å². The molecule has 0 aliphatic heterocycles. The number of nitrogens with one attached hydrogen (secondary N) is 1. The molecule has 4 heteroatoms. The third kappa shape index (κ3) is 4.09. The lowest BCUT2D eigenvalue weighted by Crippen LogP contribution is -2.33. The molecular weight excluding hydrogens is 242 g/mol. The van der Waals surface area contributed by atoms with Gasteiger partial charge in [-0.1, -0.05) is 30.3 Å². The van der Waals surface area contributed by atoms with E-state index in [1.807, 2.05) is 30.3 Å². The van der Waals surface area contributed by atoms with Crippen LogP contribution in [-0.2, 0) is 16.0 Å². The molecule has 0 aromatic heterocycles. The molecule has 0 radical (unpaired) electrons. The van der Waals surface area contributed by atoms with Crippen LogP contribution >= 0.6 is 0 Å². The number of carboxylic acid groups (broad SMARTS) is 1. The van der Waals surface area contributed by atoms with Gasteiger partial charge in [0.15, 0.2) is 0 Å². The van der Waals surface area contributed by atoms with Crippen molar-refractivity contribution in [2.75, 3.05) is 0 Å². The number of aryl methyl sites for hydroxylation is 1. The third-order valence-electron chi connectivity index (χ3n) is 3.63. The molecular formula is C15H19NO3. The van der Waals surface area contributed by atoms with Crippen LogP contribution < -0.4 is 5.32 Å². The summed E-state index contributed by atoms with van der Waals surface area (Å²) in [6, 6.07) is 9.91. The quantitative estimate of drug-likeness (QED) is 0.851. The summed E-state index contributed by atoms with van der Waals surface area (Å²) in [6.07, 6.45) is 3.18. The number of rotatable bonds is 5. The fourth-order valence-corrected chi connectivity index (χ4v) is 2.54. The van der Waals surface area contributed by atoms with Gasteiger partial charge in [0.05, 0.1) is 5.92 Å². The lowest BCUT2D eigenvalue weighted by Gasteiger charge is -2.12. The van der Waals surface area contributed by atoms with Gasteiger partial charge in [-0.05, 0) is 31.2 Å². The minimum absolute atomic E-state index is 0.0138. The third-order valence-corrected chi connectivity index (χ3v) is 3.63. The Balaban J connectivity index is 1.72. The van der Waals surface area contributed by atoms with Crippen LogP contribution in [0.15, 0.2) is 30.3 Å². The fraction of sp³-hybridized carbons (Fsp3) is 0.467. The topological polar surface area (TPSA) is 66.4 Å². The average Bonchev–Trinajstić information content (AvgIpc) is 2.86. The van der Waals surface area contributed by atoms with E-state index in [2.05, 4.69) is 5.32 Å². The Morgan fingerprint density at radius 2 is 1.95 bits per heavy atom. The molecule has 1 amide bonds. The summed E-state index contributed by atoms with van der Waals surface area (Å²) < 4.78 is 0. The van der Waals surface area contributed by atoms with Crippen LogP contribution in [0, 0.1) is 5.92 Å². The lowest BCUT2D eigenvalue weighted by molar-refractivity contribution is -0.141. The summed E-state index contributed by atoms with van der Waals surface area (Å²) in [4.78, 5) is 22.6. The molecule has 2 atom stereocenters. The first kappa shape index (κ1) is 13.6. The molecule has 4 nitrogen and oxygen atoms in total. The second kappa shape index (κ2) is 6.36. The molecule has 2 rings (SSSR count). The Morgan fingerprint density at radius 3 is 2.58 bits per heavy atom. The van der Waals surface area contributed by atoms with E-state index in [0.717, 1.165) is 18.4 Å². The molecule has 1 aliphatic carbocycles. The highest BCUT2D eigenvalue weighted by Gasteiger charge is 2.30. The van der Waals surface area contributed by atoms with Crippen LogP contribution in [0.4, 0.5) is 0 Å². The van der Waals surface area contributed by atoms with Gasteiger partial charge in [0.2, 0.25) is 5.91 Å². The van der Waals surface area contributed by atoms with Gasteiger partial charge >= 0.3 is 5.97 Å². The Kier molecular flexibility index (Phi) is 4.55. The molecule has 102 valence electrons. The molecule has 1 aromatic carbocycles. The fourth-order valence-electron chi connectivity index (χ4n) is 2.54. The Labute approximate surface area is 112 Å². The largest absolute Gasteiger partial charge is 0.481 e. The van der Waals surface area contributed by atoms with E-state index < -0.39 is 5.97 Å². The predicted molar refractivity (Wildman–Crippen MR) is 71.7 cm³/mol. The van der Waals surface area contributed by atoms with Gasteiger partial charge in [-0.25, -0.2) is 0 Å². The van der Waals surface area contributed by atoms with Crippen LogP contribution in [0.5, 0.6) is 0 Å². The van der Waals surface area contributed by atoms with Crippen LogP contribution in [0.2, 0.25) is 0 Å². The first-order valence-corrected chi connectivity index (χ1v) is 6.71. The number of carbonyl (C=O) groups is 2. The van der Waals surface area contributed by atoms with Gasteiger partial charge in [0.1, 0.15) is 0 Å². The van der Waals surface area contributed by atoms with Gasteiger partial charge in [-0.3, -0.25) is 9.59 Å². The maximum absolute atomic E-state index is 11.8. The van der Waals surface area contributed by atoms with Crippen molar-refractivity contribution in [3.63, 3.8) is 0 Å². The van der Waals surface area contributed by atoms with E-state index in [-0.39, 0.29) is 17.9 Å². The van der Waals surface area contributed by atoms with Crippen LogP contribution in [0.3, 0.4) is 0 Å². The van der Waals surface area contributed by atoms with Gasteiger partial charge in [0, 0.05) is 12.5 Å². The molecule has 1 aliphatic rings. The zero-order valence-electron chi connectivity index (χ0n) is 10.8. The van der Waals surface area contributed by atoms with Crippen molar-refractivity contribution in [3.05, 3.63) is 35.9 Å². The highest BCUT2D eigenvalue weighted by molar-refractivity contribution is 5.77. The molecule has 0 saturated heterocycles. The number of hydrogen-bond acceptors (Lipinski definition) is 2. The Morgan fingerprint density at radius 1 is 1.21 bits per heavy atom. The van der Waals surface area contributed by atoms with E-state index in [4.69, 9.17) is 5.11 Å². The molecule has 0 heterocycles. The van der Waals surface area contributed by atoms with E-state index >= 15 is 0 Å². The highest BCUT2D eigenvalue weighted by atomic mass is 16.4. The molecule has 1 aromatic rings. The minimum atomic E-state index is -0.749. The number of benzene rings is 1. The molecule has 0 spiro atoms. The second-order valence-electron chi connectivity index (χ2n) is 5.10. The lowest BCUT2D eigenvalue weighted by atomic mass is 10.1. The number of hydrogen-bond donors (Lipinski definition) is 2. The van der Waals surface area contributed by atoms with E-state index in [9.17, 15) is 9.59 Å². The van der Waals surface area contributed by atoms with Crippen molar-refractivity contribution in [2.45, 2.75) is 38.1 Å². The Bertz CT molecular complexity index is 444. The molecule has 0 unspecified atom stereocenters. The Hall–Kier alpha value is -1.84. The summed E-state index contributed by atoms with van der Waals surface area (Å²) in [5.41, 5.74) is 1.15. The zero-order valence-corrected chi connectivity index (χ0v) is 10.8. The van der Waals surface area contributed by atoms with Crippen molar-refractivity contribution in [1.82, 2.24) is 5.32 Å².